The highest BCUT2D eigenvalue weighted by Crippen LogP contribution is 2.42. The summed E-state index contributed by atoms with van der Waals surface area (Å²) < 4.78 is 0. The molecule has 1 aromatic rings. The largest absolute Gasteiger partial charge is 0.342 e. The average molecular weight is 390 g/mol. The Labute approximate surface area is 161 Å². The van der Waals surface area contributed by atoms with Crippen LogP contribution in [0.1, 0.15) is 56.7 Å². The number of H-pyrrole nitrogens is 1. The number of hydrogen-bond donors (Lipinski definition) is 2. The molecule has 1 aromatic heterocycles. The van der Waals surface area contributed by atoms with Crippen LogP contribution >= 0.6 is 24.8 Å². The Kier molecular flexibility index (Phi) is 7.11. The number of aromatic nitrogens is 3. The van der Waals surface area contributed by atoms with Crippen molar-refractivity contribution >= 4 is 30.7 Å². The van der Waals surface area contributed by atoms with E-state index in [-0.39, 0.29) is 30.7 Å². The van der Waals surface area contributed by atoms with Gasteiger partial charge in [0.15, 0.2) is 0 Å². The maximum Gasteiger partial charge on any atom is 0.225 e. The van der Waals surface area contributed by atoms with E-state index in [1.165, 1.54) is 19.3 Å². The molecular formula is C17H29Cl2N5O. The quantitative estimate of drug-likeness (QED) is 0.812. The predicted molar refractivity (Wildman–Crippen MR) is 101 cm³/mol. The minimum absolute atomic E-state index is 0. The van der Waals surface area contributed by atoms with E-state index in [1.54, 1.807) is 6.33 Å². The molecule has 2 heterocycles. The number of nitrogens with one attached hydrogen (secondary N) is 1. The van der Waals surface area contributed by atoms with Crippen molar-refractivity contribution < 1.29 is 4.79 Å². The second kappa shape index (κ2) is 8.69. The van der Waals surface area contributed by atoms with Crippen molar-refractivity contribution in [2.24, 2.45) is 23.5 Å². The molecule has 3 fully saturated rings. The van der Waals surface area contributed by atoms with Crippen LogP contribution in [0.2, 0.25) is 0 Å². The van der Waals surface area contributed by atoms with Gasteiger partial charge in [-0.2, -0.15) is 5.10 Å². The summed E-state index contributed by atoms with van der Waals surface area (Å²) in [6.07, 6.45) is 9.40. The van der Waals surface area contributed by atoms with Crippen LogP contribution in [-0.4, -0.2) is 45.1 Å². The van der Waals surface area contributed by atoms with Crippen molar-refractivity contribution in [3.63, 3.8) is 0 Å². The molecule has 0 aromatic carbocycles. The molecule has 3 N–H and O–H groups in total. The Hall–Kier alpha value is -0.850. The van der Waals surface area contributed by atoms with Crippen LogP contribution in [0.4, 0.5) is 0 Å². The summed E-state index contributed by atoms with van der Waals surface area (Å²) in [5, 5.41) is 6.92. The monoisotopic (exact) mass is 389 g/mol. The molecule has 3 atom stereocenters. The first-order valence-electron chi connectivity index (χ1n) is 9.12. The molecule has 0 radical (unpaired) electrons. The van der Waals surface area contributed by atoms with Gasteiger partial charge in [-0.1, -0.05) is 6.42 Å². The van der Waals surface area contributed by atoms with Crippen molar-refractivity contribution in [3.05, 3.63) is 12.2 Å². The summed E-state index contributed by atoms with van der Waals surface area (Å²) >= 11 is 0. The molecule has 2 saturated carbocycles. The van der Waals surface area contributed by atoms with Crippen molar-refractivity contribution in [3.8, 4) is 0 Å². The van der Waals surface area contributed by atoms with Gasteiger partial charge in [-0.05, 0) is 50.4 Å². The molecule has 4 rings (SSSR count). The summed E-state index contributed by atoms with van der Waals surface area (Å²) in [6.45, 7) is 1.67. The van der Waals surface area contributed by atoms with Gasteiger partial charge in [0.25, 0.3) is 0 Å². The van der Waals surface area contributed by atoms with Crippen molar-refractivity contribution in [1.82, 2.24) is 20.1 Å². The van der Waals surface area contributed by atoms with Crippen molar-refractivity contribution in [2.75, 3.05) is 13.1 Å². The van der Waals surface area contributed by atoms with E-state index in [2.05, 4.69) is 20.1 Å². The van der Waals surface area contributed by atoms with E-state index in [0.717, 1.165) is 44.6 Å². The number of halogens is 2. The number of nitrogens with two attached hydrogens (primary N) is 1. The number of aromatic amines is 1. The van der Waals surface area contributed by atoms with Crippen LogP contribution in [0.3, 0.4) is 0 Å². The van der Waals surface area contributed by atoms with Gasteiger partial charge in [0.1, 0.15) is 12.2 Å². The van der Waals surface area contributed by atoms with E-state index < -0.39 is 0 Å². The Morgan fingerprint density at radius 3 is 2.52 bits per heavy atom. The maximum atomic E-state index is 13.0. The minimum atomic E-state index is 0. The zero-order valence-electron chi connectivity index (χ0n) is 14.5. The number of carbonyl (C=O) groups excluding carboxylic acids is 1. The third-order valence-corrected chi connectivity index (χ3v) is 6.32. The lowest BCUT2D eigenvalue weighted by Gasteiger charge is -2.45. The lowest BCUT2D eigenvalue weighted by Crippen LogP contribution is -2.51. The smallest absolute Gasteiger partial charge is 0.225 e. The summed E-state index contributed by atoms with van der Waals surface area (Å²) in [5.41, 5.74) is 6.37. The molecule has 2 bridgehead atoms. The van der Waals surface area contributed by atoms with E-state index >= 15 is 0 Å². The zero-order valence-corrected chi connectivity index (χ0v) is 16.1. The number of likely N-dealkylation sites (tertiary alicyclic amines) is 1. The van der Waals surface area contributed by atoms with Crippen LogP contribution < -0.4 is 5.73 Å². The molecular weight excluding hydrogens is 361 g/mol. The molecule has 1 saturated heterocycles. The fourth-order valence-corrected chi connectivity index (χ4v) is 5.06. The second-order valence-electron chi connectivity index (χ2n) is 7.69. The standard InChI is InChI=1S/C17H27N5O.2ClH/c18-15-11-3-1-4-12(15)8-14(7-11)17(23)22-6-2-5-13(9-22)16-19-10-20-21-16;;/h10-15H,1-9,18H2,(H,19,20,21);2*1H. The van der Waals surface area contributed by atoms with Gasteiger partial charge in [0.2, 0.25) is 5.91 Å². The summed E-state index contributed by atoms with van der Waals surface area (Å²) in [4.78, 5) is 19.4. The van der Waals surface area contributed by atoms with E-state index in [4.69, 9.17) is 5.73 Å². The highest BCUT2D eigenvalue weighted by molar-refractivity contribution is 5.85. The number of nitrogens with zero attached hydrogens (tertiary/aromatic N) is 3. The fraction of sp³-hybridized carbons (Fsp3) is 0.824. The normalized spacial score (nSPS) is 34.6. The molecule has 25 heavy (non-hydrogen) atoms. The lowest BCUT2D eigenvalue weighted by atomic mass is 9.65. The molecule has 0 spiro atoms. The van der Waals surface area contributed by atoms with E-state index in [9.17, 15) is 4.79 Å². The van der Waals surface area contributed by atoms with Gasteiger partial charge in [-0.15, -0.1) is 24.8 Å². The first kappa shape index (κ1) is 20.5. The van der Waals surface area contributed by atoms with Gasteiger partial charge in [-0.25, -0.2) is 4.98 Å². The van der Waals surface area contributed by atoms with Crippen molar-refractivity contribution in [2.45, 2.75) is 56.9 Å². The summed E-state index contributed by atoms with van der Waals surface area (Å²) in [6, 6.07) is 0.330. The van der Waals surface area contributed by atoms with Gasteiger partial charge < -0.3 is 10.6 Å². The molecule has 3 unspecified atom stereocenters. The van der Waals surface area contributed by atoms with Crippen LogP contribution in [-0.2, 0) is 4.79 Å². The topological polar surface area (TPSA) is 87.9 Å². The molecule has 142 valence electrons. The summed E-state index contributed by atoms with van der Waals surface area (Å²) in [5.74, 6) is 2.90. The van der Waals surface area contributed by atoms with Gasteiger partial charge in [0, 0.05) is 31.0 Å². The number of piperidine rings is 1. The fourth-order valence-electron chi connectivity index (χ4n) is 5.06. The van der Waals surface area contributed by atoms with Crippen LogP contribution in [0.5, 0.6) is 0 Å². The molecule has 2 aliphatic carbocycles. The maximum absolute atomic E-state index is 13.0. The number of hydrogen-bond acceptors (Lipinski definition) is 4. The highest BCUT2D eigenvalue weighted by atomic mass is 35.5. The SMILES string of the molecule is Cl.Cl.NC1C2CCCC1CC(C(=O)N1CCCC(c3ncn[nH]3)C1)C2. The summed E-state index contributed by atoms with van der Waals surface area (Å²) in [7, 11) is 0. The minimum Gasteiger partial charge on any atom is -0.342 e. The third-order valence-electron chi connectivity index (χ3n) is 6.32. The van der Waals surface area contributed by atoms with Crippen molar-refractivity contribution in [1.29, 1.82) is 0 Å². The first-order valence-corrected chi connectivity index (χ1v) is 9.12. The van der Waals surface area contributed by atoms with Crippen LogP contribution in [0, 0.1) is 17.8 Å². The lowest BCUT2D eigenvalue weighted by molar-refractivity contribution is -0.139. The van der Waals surface area contributed by atoms with Gasteiger partial charge in [0.05, 0.1) is 0 Å². The molecule has 3 aliphatic rings. The van der Waals surface area contributed by atoms with E-state index in [1.807, 2.05) is 0 Å². The molecule has 8 heteroatoms. The van der Waals surface area contributed by atoms with Gasteiger partial charge in [-0.3, -0.25) is 9.89 Å². The highest BCUT2D eigenvalue weighted by Gasteiger charge is 2.42. The number of rotatable bonds is 2. The molecule has 1 amide bonds. The Balaban J connectivity index is 0.00000113. The second-order valence-corrected chi connectivity index (χ2v) is 7.69. The number of amides is 1. The predicted octanol–water partition coefficient (Wildman–Crippen LogP) is 2.51. The van der Waals surface area contributed by atoms with E-state index in [0.29, 0.717) is 29.7 Å². The average Bonchev–Trinajstić information content (AvgIpc) is 3.08. The number of fused-ring (bicyclic) bond motifs is 2. The number of carbonyl (C=O) groups is 1. The molecule has 1 aliphatic heterocycles. The first-order chi connectivity index (χ1) is 11.2. The third kappa shape index (κ3) is 4.12. The zero-order chi connectivity index (χ0) is 15.8. The van der Waals surface area contributed by atoms with Gasteiger partial charge >= 0.3 is 0 Å². The Morgan fingerprint density at radius 2 is 1.88 bits per heavy atom. The van der Waals surface area contributed by atoms with Crippen LogP contribution in [0.15, 0.2) is 6.33 Å². The Bertz CT molecular complexity index is 541. The Morgan fingerprint density at radius 1 is 1.16 bits per heavy atom. The van der Waals surface area contributed by atoms with Crippen LogP contribution in [0.25, 0.3) is 0 Å². The molecule has 6 nitrogen and oxygen atoms in total.